The smallest absolute Gasteiger partial charge is 0.449 e. The third-order valence-electron chi connectivity index (χ3n) is 4.06. The number of nitrogens with one attached hydrogen (secondary N) is 1. The summed E-state index contributed by atoms with van der Waals surface area (Å²) in [4.78, 5) is 27.8. The summed E-state index contributed by atoms with van der Waals surface area (Å²) >= 11 is 0. The Balaban J connectivity index is 1.73. The highest BCUT2D eigenvalue weighted by atomic mass is 19.4. The van der Waals surface area contributed by atoms with Crippen molar-refractivity contribution < 1.29 is 36.3 Å². The standard InChI is InChI=1S/C19H14F5N3O3/c1-10(17(29)25-13-7-6-11(20)8-12(13)21)30-16(28)9-27-15-5-3-2-4-14(15)26-18(27)19(22,23)24/h2-8,10H,9H2,1H3,(H,25,29). The number of ether oxygens (including phenoxy) is 1. The van der Waals surface area contributed by atoms with Crippen LogP contribution in [0, 0.1) is 11.6 Å². The highest BCUT2D eigenvalue weighted by Gasteiger charge is 2.38. The maximum Gasteiger partial charge on any atom is 0.449 e. The van der Waals surface area contributed by atoms with Crippen LogP contribution in [0.4, 0.5) is 27.6 Å². The van der Waals surface area contributed by atoms with Gasteiger partial charge in [-0.25, -0.2) is 13.8 Å². The van der Waals surface area contributed by atoms with Crippen LogP contribution in [0.2, 0.25) is 0 Å². The Morgan fingerprint density at radius 3 is 2.53 bits per heavy atom. The molecular weight excluding hydrogens is 413 g/mol. The van der Waals surface area contributed by atoms with E-state index in [0.717, 1.165) is 19.1 Å². The number of amides is 1. The highest BCUT2D eigenvalue weighted by molar-refractivity contribution is 5.95. The van der Waals surface area contributed by atoms with Gasteiger partial charge in [-0.2, -0.15) is 13.2 Å². The van der Waals surface area contributed by atoms with Gasteiger partial charge in [0.1, 0.15) is 18.2 Å². The number of rotatable bonds is 5. The van der Waals surface area contributed by atoms with Crippen molar-refractivity contribution in [3.8, 4) is 0 Å². The fourth-order valence-electron chi connectivity index (χ4n) is 2.69. The fraction of sp³-hybridized carbons (Fsp3) is 0.211. The topological polar surface area (TPSA) is 73.2 Å². The van der Waals surface area contributed by atoms with Gasteiger partial charge in [0, 0.05) is 6.07 Å². The van der Waals surface area contributed by atoms with E-state index in [0.29, 0.717) is 10.6 Å². The number of carbonyl (C=O) groups is 2. The minimum Gasteiger partial charge on any atom is -0.451 e. The number of benzene rings is 2. The molecule has 11 heteroatoms. The number of hydrogen-bond acceptors (Lipinski definition) is 4. The first-order valence-electron chi connectivity index (χ1n) is 8.54. The lowest BCUT2D eigenvalue weighted by atomic mass is 10.2. The largest absolute Gasteiger partial charge is 0.451 e. The number of hydrogen-bond donors (Lipinski definition) is 1. The molecule has 3 aromatic rings. The Kier molecular flexibility index (Phi) is 5.72. The second-order valence-corrected chi connectivity index (χ2v) is 6.25. The predicted molar refractivity (Wildman–Crippen MR) is 95.3 cm³/mol. The molecule has 1 heterocycles. The summed E-state index contributed by atoms with van der Waals surface area (Å²) in [5.41, 5.74) is -0.244. The van der Waals surface area contributed by atoms with Crippen LogP contribution in [0.25, 0.3) is 11.0 Å². The van der Waals surface area contributed by atoms with Crippen LogP contribution in [0.3, 0.4) is 0 Å². The first kappa shape index (κ1) is 21.2. The van der Waals surface area contributed by atoms with Gasteiger partial charge in [0.05, 0.1) is 16.7 Å². The molecule has 0 saturated heterocycles. The van der Waals surface area contributed by atoms with E-state index in [1.807, 2.05) is 0 Å². The van der Waals surface area contributed by atoms with Crippen LogP contribution in [0.15, 0.2) is 42.5 Å². The molecule has 1 unspecified atom stereocenters. The van der Waals surface area contributed by atoms with E-state index in [1.165, 1.54) is 24.3 Å². The molecule has 0 aliphatic carbocycles. The average molecular weight is 427 g/mol. The van der Waals surface area contributed by atoms with Crippen molar-refractivity contribution >= 4 is 28.6 Å². The van der Waals surface area contributed by atoms with Gasteiger partial charge in [0.2, 0.25) is 5.82 Å². The number of fused-ring (bicyclic) bond motifs is 1. The number of esters is 1. The van der Waals surface area contributed by atoms with Crippen molar-refractivity contribution in [2.45, 2.75) is 25.7 Å². The molecule has 0 radical (unpaired) electrons. The van der Waals surface area contributed by atoms with E-state index in [4.69, 9.17) is 4.74 Å². The molecule has 30 heavy (non-hydrogen) atoms. The summed E-state index contributed by atoms with van der Waals surface area (Å²) in [6.45, 7) is 0.309. The second kappa shape index (κ2) is 8.09. The number of alkyl halides is 3. The lowest BCUT2D eigenvalue weighted by Gasteiger charge is -2.15. The monoisotopic (exact) mass is 427 g/mol. The van der Waals surface area contributed by atoms with Crippen LogP contribution >= 0.6 is 0 Å². The van der Waals surface area contributed by atoms with Crippen molar-refractivity contribution in [1.29, 1.82) is 0 Å². The molecule has 0 spiro atoms. The van der Waals surface area contributed by atoms with E-state index in [1.54, 1.807) is 0 Å². The van der Waals surface area contributed by atoms with Gasteiger partial charge in [-0.3, -0.25) is 9.59 Å². The molecule has 1 N–H and O–H groups in total. The van der Waals surface area contributed by atoms with Gasteiger partial charge in [0.25, 0.3) is 5.91 Å². The quantitative estimate of drug-likeness (QED) is 0.495. The predicted octanol–water partition coefficient (Wildman–Crippen LogP) is 3.90. The molecule has 6 nitrogen and oxygen atoms in total. The van der Waals surface area contributed by atoms with E-state index >= 15 is 0 Å². The first-order chi connectivity index (χ1) is 14.1. The lowest BCUT2D eigenvalue weighted by Crippen LogP contribution is -2.32. The van der Waals surface area contributed by atoms with Crippen LogP contribution < -0.4 is 5.32 Å². The number of para-hydroxylation sites is 2. The number of carbonyl (C=O) groups excluding carboxylic acids is 2. The normalized spacial score (nSPS) is 12.6. The van der Waals surface area contributed by atoms with Crippen LogP contribution in [-0.4, -0.2) is 27.5 Å². The molecule has 3 rings (SSSR count). The van der Waals surface area contributed by atoms with Crippen molar-refractivity contribution in [3.05, 3.63) is 59.9 Å². The maximum atomic E-state index is 13.6. The first-order valence-corrected chi connectivity index (χ1v) is 8.54. The van der Waals surface area contributed by atoms with Crippen molar-refractivity contribution in [2.75, 3.05) is 5.32 Å². The molecule has 158 valence electrons. The molecule has 0 bridgehead atoms. The summed E-state index contributed by atoms with van der Waals surface area (Å²) in [5, 5.41) is 2.11. The second-order valence-electron chi connectivity index (χ2n) is 6.25. The third kappa shape index (κ3) is 4.56. The summed E-state index contributed by atoms with van der Waals surface area (Å²) in [5.74, 6) is -5.25. The van der Waals surface area contributed by atoms with Gasteiger partial charge in [0.15, 0.2) is 6.10 Å². The number of aromatic nitrogens is 2. The number of nitrogens with zero attached hydrogens (tertiary/aromatic N) is 2. The summed E-state index contributed by atoms with van der Waals surface area (Å²) < 4.78 is 71.9. The Labute approximate surface area is 166 Å². The Hall–Kier alpha value is -3.50. The molecule has 0 fully saturated rings. The number of imidazole rings is 1. The molecule has 0 aliphatic rings. The molecular formula is C19H14F5N3O3. The molecule has 2 aromatic carbocycles. The van der Waals surface area contributed by atoms with Crippen molar-refractivity contribution in [1.82, 2.24) is 9.55 Å². The zero-order chi connectivity index (χ0) is 22.1. The fourth-order valence-corrected chi connectivity index (χ4v) is 2.69. The summed E-state index contributed by atoms with van der Waals surface area (Å²) in [6.07, 6.45) is -6.27. The third-order valence-corrected chi connectivity index (χ3v) is 4.06. The van der Waals surface area contributed by atoms with Crippen molar-refractivity contribution in [3.63, 3.8) is 0 Å². The Morgan fingerprint density at radius 1 is 1.17 bits per heavy atom. The molecule has 1 amide bonds. The molecule has 0 saturated carbocycles. The van der Waals surface area contributed by atoms with Crippen LogP contribution in [0.1, 0.15) is 12.7 Å². The Morgan fingerprint density at radius 2 is 1.87 bits per heavy atom. The van der Waals surface area contributed by atoms with E-state index in [9.17, 15) is 31.5 Å². The van der Waals surface area contributed by atoms with Gasteiger partial charge >= 0.3 is 12.1 Å². The number of halogens is 5. The van der Waals surface area contributed by atoms with Gasteiger partial charge in [-0.1, -0.05) is 12.1 Å². The van der Waals surface area contributed by atoms with Crippen LogP contribution in [0.5, 0.6) is 0 Å². The van der Waals surface area contributed by atoms with Gasteiger partial charge < -0.3 is 14.6 Å². The van der Waals surface area contributed by atoms with E-state index in [-0.39, 0.29) is 16.7 Å². The van der Waals surface area contributed by atoms with Crippen LogP contribution in [-0.2, 0) is 27.0 Å². The minimum atomic E-state index is -4.82. The summed E-state index contributed by atoms with van der Waals surface area (Å²) in [6, 6.07) is 8.15. The SMILES string of the molecule is CC(OC(=O)Cn1c(C(F)(F)F)nc2ccccc21)C(=O)Nc1ccc(F)cc1F. The zero-order valence-corrected chi connectivity index (χ0v) is 15.3. The number of anilines is 1. The molecule has 1 aromatic heterocycles. The molecule has 1 atom stereocenters. The van der Waals surface area contributed by atoms with Gasteiger partial charge in [-0.15, -0.1) is 0 Å². The zero-order valence-electron chi connectivity index (χ0n) is 15.3. The lowest BCUT2D eigenvalue weighted by molar-refractivity contribution is -0.156. The average Bonchev–Trinajstić information content (AvgIpc) is 3.03. The maximum absolute atomic E-state index is 13.6. The van der Waals surface area contributed by atoms with E-state index in [2.05, 4.69) is 10.3 Å². The minimum absolute atomic E-state index is 0.0372. The van der Waals surface area contributed by atoms with Crippen molar-refractivity contribution in [2.24, 2.45) is 0 Å². The highest BCUT2D eigenvalue weighted by Crippen LogP contribution is 2.31. The molecule has 0 aliphatic heterocycles. The summed E-state index contributed by atoms with van der Waals surface area (Å²) in [7, 11) is 0. The van der Waals surface area contributed by atoms with Gasteiger partial charge in [-0.05, 0) is 31.2 Å². The Bertz CT molecular complexity index is 1110. The van der Waals surface area contributed by atoms with E-state index < -0.39 is 48.2 Å².